The maximum atomic E-state index is 11.8. The highest BCUT2D eigenvalue weighted by Gasteiger charge is 2.16. The van der Waals surface area contributed by atoms with Crippen molar-refractivity contribution in [2.45, 2.75) is 12.5 Å². The lowest BCUT2D eigenvalue weighted by molar-refractivity contribution is 0.0378. The Morgan fingerprint density at radius 1 is 1.34 bits per heavy atom. The average molecular weight is 444 g/mol. The number of aromatic nitrogens is 2. The van der Waals surface area contributed by atoms with Gasteiger partial charge in [-0.25, -0.2) is 4.98 Å². The molecule has 172 valence electrons. The number of primary amides is 1. The number of benzene rings is 1. The van der Waals surface area contributed by atoms with Gasteiger partial charge in [-0.1, -0.05) is 0 Å². The topological polar surface area (TPSA) is 147 Å². The molecule has 3 heterocycles. The molecule has 1 aromatic heterocycles. The summed E-state index contributed by atoms with van der Waals surface area (Å²) in [5.41, 5.74) is 7.24. The fourth-order valence-electron chi connectivity index (χ4n) is 3.56. The van der Waals surface area contributed by atoms with E-state index in [2.05, 4.69) is 30.8 Å². The molecular formula is C21H29N7O4. The van der Waals surface area contributed by atoms with E-state index in [0.717, 1.165) is 50.6 Å². The maximum Gasteiger partial charge on any atom is 0.254 e. The molecule has 6 N–H and O–H groups in total. The first kappa shape index (κ1) is 22.1. The molecule has 1 fully saturated rings. The van der Waals surface area contributed by atoms with Gasteiger partial charge in [-0.15, -0.1) is 0 Å². The molecule has 11 heteroatoms. The van der Waals surface area contributed by atoms with Gasteiger partial charge in [0.05, 0.1) is 24.5 Å². The normalized spacial score (nSPS) is 18.6. The van der Waals surface area contributed by atoms with Gasteiger partial charge in [0.15, 0.2) is 0 Å². The van der Waals surface area contributed by atoms with Gasteiger partial charge in [0.1, 0.15) is 24.3 Å². The first-order valence-corrected chi connectivity index (χ1v) is 10.7. The highest BCUT2D eigenvalue weighted by Crippen LogP contribution is 2.30. The molecule has 1 atom stereocenters. The summed E-state index contributed by atoms with van der Waals surface area (Å²) in [7, 11) is 0. The first-order valence-electron chi connectivity index (χ1n) is 10.7. The number of fused-ring (bicyclic) bond motifs is 1. The lowest BCUT2D eigenvalue weighted by Crippen LogP contribution is -2.37. The molecule has 11 nitrogen and oxygen atoms in total. The third-order valence-electron chi connectivity index (χ3n) is 5.30. The number of morpholine rings is 1. The molecule has 4 rings (SSSR count). The molecule has 2 aliphatic rings. The Bertz CT molecular complexity index is 936. The summed E-state index contributed by atoms with van der Waals surface area (Å²) in [4.78, 5) is 22.8. The molecule has 32 heavy (non-hydrogen) atoms. The second-order valence-electron chi connectivity index (χ2n) is 7.74. The van der Waals surface area contributed by atoms with Crippen LogP contribution in [0.1, 0.15) is 16.8 Å². The number of ether oxygens (including phenoxy) is 2. The van der Waals surface area contributed by atoms with Crippen LogP contribution in [0.5, 0.6) is 5.75 Å². The zero-order valence-electron chi connectivity index (χ0n) is 17.8. The summed E-state index contributed by atoms with van der Waals surface area (Å²) in [6.07, 6.45) is 1.75. The molecule has 0 bridgehead atoms. The van der Waals surface area contributed by atoms with Gasteiger partial charge in [-0.05, 0) is 31.2 Å². The molecule has 0 saturated carbocycles. The zero-order chi connectivity index (χ0) is 22.3. The second-order valence-corrected chi connectivity index (χ2v) is 7.74. The van der Waals surface area contributed by atoms with Crippen molar-refractivity contribution in [3.63, 3.8) is 0 Å². The highest BCUT2D eigenvalue weighted by atomic mass is 16.5. The Kier molecular flexibility index (Phi) is 7.20. The van der Waals surface area contributed by atoms with Crippen molar-refractivity contribution in [2.75, 3.05) is 68.5 Å². The summed E-state index contributed by atoms with van der Waals surface area (Å²) in [6, 6.07) is 5.50. The van der Waals surface area contributed by atoms with Crippen molar-refractivity contribution in [1.29, 1.82) is 0 Å². The van der Waals surface area contributed by atoms with Crippen LogP contribution >= 0.6 is 0 Å². The van der Waals surface area contributed by atoms with Crippen molar-refractivity contribution >= 4 is 29.0 Å². The fraction of sp³-hybridized carbons (Fsp3) is 0.476. The van der Waals surface area contributed by atoms with Crippen molar-refractivity contribution in [3.05, 3.63) is 30.0 Å². The summed E-state index contributed by atoms with van der Waals surface area (Å²) >= 11 is 0. The van der Waals surface area contributed by atoms with Gasteiger partial charge >= 0.3 is 0 Å². The van der Waals surface area contributed by atoms with Crippen LogP contribution in [0.2, 0.25) is 0 Å². The van der Waals surface area contributed by atoms with E-state index in [9.17, 15) is 9.90 Å². The molecule has 0 spiro atoms. The number of aliphatic hydroxyl groups excluding tert-OH is 1. The van der Waals surface area contributed by atoms with Crippen LogP contribution in [0.25, 0.3) is 0 Å². The first-order chi connectivity index (χ1) is 15.6. The van der Waals surface area contributed by atoms with Crippen LogP contribution in [0.15, 0.2) is 24.4 Å². The number of amides is 1. The van der Waals surface area contributed by atoms with E-state index in [4.69, 9.17) is 15.2 Å². The van der Waals surface area contributed by atoms with Gasteiger partial charge < -0.3 is 36.3 Å². The van der Waals surface area contributed by atoms with Crippen LogP contribution < -0.4 is 26.4 Å². The largest absolute Gasteiger partial charge is 0.489 e. The van der Waals surface area contributed by atoms with Gasteiger partial charge in [0.25, 0.3) is 5.91 Å². The quantitative estimate of drug-likeness (QED) is 0.368. The van der Waals surface area contributed by atoms with E-state index in [-0.39, 0.29) is 12.2 Å². The summed E-state index contributed by atoms with van der Waals surface area (Å²) in [5.74, 6) is 0.813. The molecular weight excluding hydrogens is 414 g/mol. The Labute approximate surface area is 186 Å². The minimum absolute atomic E-state index is 0.241. The summed E-state index contributed by atoms with van der Waals surface area (Å²) < 4.78 is 10.9. The third-order valence-corrected chi connectivity index (χ3v) is 5.30. The Balaban J connectivity index is 1.40. The van der Waals surface area contributed by atoms with Gasteiger partial charge in [-0.3, -0.25) is 9.69 Å². The van der Waals surface area contributed by atoms with Gasteiger partial charge in [0, 0.05) is 38.1 Å². The number of anilines is 4. The second kappa shape index (κ2) is 10.4. The molecule has 1 aromatic carbocycles. The number of rotatable bonds is 8. The lowest BCUT2D eigenvalue weighted by atomic mass is 10.2. The number of nitrogens with one attached hydrogen (secondary N) is 3. The lowest BCUT2D eigenvalue weighted by Gasteiger charge is -2.26. The predicted molar refractivity (Wildman–Crippen MR) is 121 cm³/mol. The number of hydrogen-bond donors (Lipinski definition) is 5. The minimum atomic E-state index is -0.586. The number of nitrogens with two attached hydrogens (primary N) is 1. The molecule has 2 aromatic rings. The van der Waals surface area contributed by atoms with E-state index in [1.165, 1.54) is 6.20 Å². The van der Waals surface area contributed by atoms with E-state index in [0.29, 0.717) is 30.6 Å². The van der Waals surface area contributed by atoms with Crippen LogP contribution in [0.4, 0.5) is 23.1 Å². The van der Waals surface area contributed by atoms with Crippen LogP contribution in [-0.4, -0.2) is 84.5 Å². The van der Waals surface area contributed by atoms with Crippen molar-refractivity contribution in [1.82, 2.24) is 14.9 Å². The molecule has 0 aliphatic carbocycles. The SMILES string of the molecule is NC(=O)c1cnc(Nc2ccc3c(c2)NC[C@H](O)CO3)nc1NCCCN1CCOCC1. The number of nitrogens with zero attached hydrogens (tertiary/aromatic N) is 3. The van der Waals surface area contributed by atoms with Crippen molar-refractivity contribution in [2.24, 2.45) is 5.73 Å². The van der Waals surface area contributed by atoms with E-state index >= 15 is 0 Å². The number of β-amino-alcohol motifs (C(OH)–C–C–N with tert-alkyl or cyclic N) is 1. The van der Waals surface area contributed by atoms with E-state index in [1.807, 2.05) is 18.2 Å². The Morgan fingerprint density at radius 2 is 2.19 bits per heavy atom. The highest BCUT2D eigenvalue weighted by molar-refractivity contribution is 5.97. The standard InChI is InChI=1S/C21H29N7O4/c22-19(30)16-12-25-21(27-20(16)23-4-1-5-28-6-8-31-9-7-28)26-14-2-3-18-17(10-14)24-11-15(29)13-32-18/h2-3,10,12,15,24,29H,1,4-9,11,13H2,(H2,22,30)(H2,23,25,26,27)/t15-/m0/s1. The third kappa shape index (κ3) is 5.75. The fourth-order valence-corrected chi connectivity index (χ4v) is 3.56. The molecule has 0 radical (unpaired) electrons. The maximum absolute atomic E-state index is 11.8. The monoisotopic (exact) mass is 443 g/mol. The number of aliphatic hydroxyl groups is 1. The predicted octanol–water partition coefficient (Wildman–Crippen LogP) is 0.618. The molecule has 1 saturated heterocycles. The Morgan fingerprint density at radius 3 is 3.00 bits per heavy atom. The van der Waals surface area contributed by atoms with E-state index < -0.39 is 12.0 Å². The van der Waals surface area contributed by atoms with Crippen molar-refractivity contribution in [3.8, 4) is 5.75 Å². The minimum Gasteiger partial charge on any atom is -0.489 e. The van der Waals surface area contributed by atoms with Crippen LogP contribution in [-0.2, 0) is 4.74 Å². The zero-order valence-corrected chi connectivity index (χ0v) is 17.8. The number of carbonyl (C=O) groups excluding carboxylic acids is 1. The van der Waals surface area contributed by atoms with Crippen LogP contribution in [0.3, 0.4) is 0 Å². The van der Waals surface area contributed by atoms with Crippen molar-refractivity contribution < 1.29 is 19.4 Å². The smallest absolute Gasteiger partial charge is 0.254 e. The molecule has 0 unspecified atom stereocenters. The average Bonchev–Trinajstić information content (AvgIpc) is 2.98. The van der Waals surface area contributed by atoms with E-state index in [1.54, 1.807) is 0 Å². The number of carbonyl (C=O) groups is 1. The summed E-state index contributed by atoms with van der Waals surface area (Å²) in [6.45, 7) is 5.65. The molecule has 2 aliphatic heterocycles. The number of hydrogen-bond acceptors (Lipinski definition) is 10. The van der Waals surface area contributed by atoms with Gasteiger partial charge in [0.2, 0.25) is 5.95 Å². The summed E-state index contributed by atoms with van der Waals surface area (Å²) in [5, 5.41) is 19.3. The molecule has 1 amide bonds. The van der Waals surface area contributed by atoms with Crippen LogP contribution in [0, 0.1) is 0 Å². The Hall–Kier alpha value is -3.15. The van der Waals surface area contributed by atoms with Gasteiger partial charge in [-0.2, -0.15) is 4.98 Å².